The van der Waals surface area contributed by atoms with Crippen molar-refractivity contribution < 1.29 is 9.59 Å². The van der Waals surface area contributed by atoms with E-state index in [-0.39, 0.29) is 17.7 Å². The van der Waals surface area contributed by atoms with Crippen LogP contribution >= 0.6 is 11.3 Å². The monoisotopic (exact) mass is 366 g/mol. The minimum absolute atomic E-state index is 0.0204. The van der Waals surface area contributed by atoms with Crippen LogP contribution in [0.25, 0.3) is 11.4 Å². The van der Waals surface area contributed by atoms with E-state index < -0.39 is 0 Å². The van der Waals surface area contributed by atoms with Crippen LogP contribution in [0, 0.1) is 0 Å². The fourth-order valence-corrected chi connectivity index (χ4v) is 3.93. The first-order valence-corrected chi connectivity index (χ1v) is 9.33. The van der Waals surface area contributed by atoms with E-state index in [1.165, 1.54) is 18.3 Å². The molecule has 1 aliphatic heterocycles. The highest BCUT2D eigenvalue weighted by Gasteiger charge is 2.31. The summed E-state index contributed by atoms with van der Waals surface area (Å²) in [7, 11) is 0. The number of aromatic nitrogens is 3. The average molecular weight is 366 g/mol. The fraction of sp³-hybridized carbons (Fsp3) is 0.263. The molecule has 3 aromatic rings. The summed E-state index contributed by atoms with van der Waals surface area (Å²) in [5.74, 6) is 1.37. The molecule has 0 fully saturated rings. The smallest absolute Gasteiger partial charge is 0.255 e. The Bertz CT molecular complexity index is 977. The van der Waals surface area contributed by atoms with Crippen molar-refractivity contribution in [3.05, 3.63) is 58.0 Å². The van der Waals surface area contributed by atoms with E-state index in [9.17, 15) is 9.59 Å². The van der Waals surface area contributed by atoms with Gasteiger partial charge in [0.25, 0.3) is 5.91 Å². The van der Waals surface area contributed by atoms with E-state index in [1.807, 2.05) is 41.9 Å². The molecule has 2 aromatic heterocycles. The van der Waals surface area contributed by atoms with Gasteiger partial charge in [-0.15, -0.1) is 11.3 Å². The van der Waals surface area contributed by atoms with Crippen molar-refractivity contribution in [2.45, 2.75) is 26.4 Å². The molecule has 1 aliphatic rings. The second kappa shape index (κ2) is 6.49. The van der Waals surface area contributed by atoms with Crippen molar-refractivity contribution in [2.24, 2.45) is 0 Å². The lowest BCUT2D eigenvalue weighted by Crippen LogP contribution is -2.41. The molecule has 0 bridgehead atoms. The van der Waals surface area contributed by atoms with Crippen LogP contribution in [0.1, 0.15) is 45.7 Å². The number of thiophene rings is 1. The first-order chi connectivity index (χ1) is 12.5. The van der Waals surface area contributed by atoms with Gasteiger partial charge in [0.05, 0.1) is 23.0 Å². The maximum atomic E-state index is 12.9. The Hall–Kier alpha value is -2.80. The van der Waals surface area contributed by atoms with Gasteiger partial charge in [-0.2, -0.15) is 5.10 Å². The van der Waals surface area contributed by atoms with E-state index in [2.05, 4.69) is 10.1 Å². The van der Waals surface area contributed by atoms with Gasteiger partial charge < -0.3 is 4.90 Å². The maximum absolute atomic E-state index is 12.9. The lowest BCUT2D eigenvalue weighted by Gasteiger charge is -2.32. The largest absolute Gasteiger partial charge is 0.327 e. The van der Waals surface area contributed by atoms with Gasteiger partial charge in [-0.1, -0.05) is 30.3 Å². The van der Waals surface area contributed by atoms with E-state index in [4.69, 9.17) is 0 Å². The number of nitrogens with zero attached hydrogens (tertiary/aromatic N) is 4. The van der Waals surface area contributed by atoms with Crippen LogP contribution in [-0.2, 0) is 6.54 Å². The zero-order chi connectivity index (χ0) is 18.3. The molecule has 1 atom stereocenters. The van der Waals surface area contributed by atoms with Gasteiger partial charge in [0.15, 0.2) is 11.6 Å². The quantitative estimate of drug-likeness (QED) is 0.666. The third kappa shape index (κ3) is 2.84. The first-order valence-electron chi connectivity index (χ1n) is 8.45. The maximum Gasteiger partial charge on any atom is 0.255 e. The summed E-state index contributed by atoms with van der Waals surface area (Å²) in [5.41, 5.74) is 1.52. The summed E-state index contributed by atoms with van der Waals surface area (Å²) >= 11 is 1.31. The highest BCUT2D eigenvalue weighted by atomic mass is 32.1. The first kappa shape index (κ1) is 16.7. The Morgan fingerprint density at radius 1 is 1.19 bits per heavy atom. The molecule has 132 valence electrons. The number of ketones is 1. The van der Waals surface area contributed by atoms with Crippen molar-refractivity contribution in [3.8, 4) is 11.4 Å². The summed E-state index contributed by atoms with van der Waals surface area (Å²) in [5, 5.41) is 6.34. The van der Waals surface area contributed by atoms with Gasteiger partial charge in [0, 0.05) is 17.5 Å². The second-order valence-electron chi connectivity index (χ2n) is 6.31. The molecule has 1 aromatic carbocycles. The van der Waals surface area contributed by atoms with Crippen LogP contribution < -0.4 is 0 Å². The normalized spacial score (nSPS) is 16.4. The Labute approximate surface area is 155 Å². The van der Waals surface area contributed by atoms with Crippen LogP contribution in [0.5, 0.6) is 0 Å². The highest BCUT2D eigenvalue weighted by Crippen LogP contribution is 2.28. The number of amides is 1. The number of benzene rings is 1. The fourth-order valence-electron chi connectivity index (χ4n) is 3.15. The van der Waals surface area contributed by atoms with Gasteiger partial charge in [0.2, 0.25) is 0 Å². The molecular formula is C19H18N4O2S. The van der Waals surface area contributed by atoms with E-state index in [1.54, 1.807) is 16.3 Å². The molecule has 0 aliphatic carbocycles. The number of fused-ring (bicyclic) bond motifs is 1. The van der Waals surface area contributed by atoms with E-state index in [0.29, 0.717) is 29.4 Å². The van der Waals surface area contributed by atoms with Crippen LogP contribution in [0.4, 0.5) is 0 Å². The summed E-state index contributed by atoms with van der Waals surface area (Å²) in [6.45, 7) is 4.65. The van der Waals surface area contributed by atoms with E-state index in [0.717, 1.165) is 11.4 Å². The van der Waals surface area contributed by atoms with Crippen LogP contribution in [0.2, 0.25) is 0 Å². The minimum Gasteiger partial charge on any atom is -0.327 e. The molecule has 3 heterocycles. The summed E-state index contributed by atoms with van der Waals surface area (Å²) in [6, 6.07) is 11.3. The predicted molar refractivity (Wildman–Crippen MR) is 99.2 cm³/mol. The lowest BCUT2D eigenvalue weighted by molar-refractivity contribution is 0.0631. The zero-order valence-corrected chi connectivity index (χ0v) is 15.4. The van der Waals surface area contributed by atoms with Crippen molar-refractivity contribution in [2.75, 3.05) is 6.54 Å². The van der Waals surface area contributed by atoms with Crippen LogP contribution in [0.15, 0.2) is 41.8 Å². The Morgan fingerprint density at radius 3 is 2.65 bits per heavy atom. The molecule has 7 heteroatoms. The molecule has 0 saturated heterocycles. The molecule has 6 nitrogen and oxygen atoms in total. The number of carbonyl (C=O) groups is 2. The Balaban J connectivity index is 1.61. The second-order valence-corrected chi connectivity index (χ2v) is 7.22. The van der Waals surface area contributed by atoms with Gasteiger partial charge in [-0.25, -0.2) is 9.67 Å². The Kier molecular flexibility index (Phi) is 4.16. The van der Waals surface area contributed by atoms with Crippen LogP contribution in [0.3, 0.4) is 0 Å². The van der Waals surface area contributed by atoms with Gasteiger partial charge in [-0.05, 0) is 19.9 Å². The molecule has 4 rings (SSSR count). The van der Waals surface area contributed by atoms with Crippen molar-refractivity contribution in [1.29, 1.82) is 0 Å². The summed E-state index contributed by atoms with van der Waals surface area (Å²) in [4.78, 5) is 31.5. The number of hydrogen-bond donors (Lipinski definition) is 0. The molecule has 0 N–H and O–H groups in total. The van der Waals surface area contributed by atoms with E-state index >= 15 is 0 Å². The molecule has 0 saturated carbocycles. The van der Waals surface area contributed by atoms with Gasteiger partial charge in [-0.3, -0.25) is 9.59 Å². The van der Waals surface area contributed by atoms with Gasteiger partial charge in [0.1, 0.15) is 5.82 Å². The van der Waals surface area contributed by atoms with Gasteiger partial charge >= 0.3 is 0 Å². The van der Waals surface area contributed by atoms with Crippen molar-refractivity contribution >= 4 is 23.0 Å². The third-order valence-corrected chi connectivity index (χ3v) is 5.61. The Morgan fingerprint density at radius 2 is 1.96 bits per heavy atom. The third-order valence-electron chi connectivity index (χ3n) is 4.58. The molecule has 1 amide bonds. The highest BCUT2D eigenvalue weighted by molar-refractivity contribution is 7.12. The molecule has 0 spiro atoms. The van der Waals surface area contributed by atoms with Crippen LogP contribution in [-0.4, -0.2) is 37.9 Å². The minimum atomic E-state index is -0.179. The zero-order valence-electron chi connectivity index (χ0n) is 14.5. The topological polar surface area (TPSA) is 68.1 Å². The van der Waals surface area contributed by atoms with Crippen molar-refractivity contribution in [1.82, 2.24) is 19.7 Å². The lowest BCUT2D eigenvalue weighted by atomic mass is 10.1. The number of rotatable bonds is 3. The summed E-state index contributed by atoms with van der Waals surface area (Å²) in [6.07, 6.45) is 0. The number of Topliss-reactive ketones (excluding diaryl/α,β-unsaturated/α-hetero) is 1. The predicted octanol–water partition coefficient (Wildman–Crippen LogP) is 3.43. The summed E-state index contributed by atoms with van der Waals surface area (Å²) < 4.78 is 1.88. The number of hydrogen-bond acceptors (Lipinski definition) is 5. The SMILES string of the molecule is CC(=O)c1cc(C(=O)N2CCn3nc(-c4ccccc4)nc3[C@@H]2C)cs1. The standard InChI is InChI=1S/C19H18N4O2S/c1-12-18-20-17(14-6-4-3-5-7-14)21-23(18)9-8-22(12)19(25)15-10-16(13(2)24)26-11-15/h3-7,10-12H,8-9H2,1-2H3/t12-/m0/s1. The average Bonchev–Trinajstić information content (AvgIpc) is 3.30. The molecule has 26 heavy (non-hydrogen) atoms. The van der Waals surface area contributed by atoms with Crippen molar-refractivity contribution in [3.63, 3.8) is 0 Å². The molecule has 0 unspecified atom stereocenters. The molecule has 0 radical (unpaired) electrons. The molecular weight excluding hydrogens is 348 g/mol. The number of carbonyl (C=O) groups excluding carboxylic acids is 2.